The molecule has 0 amide bonds. The highest BCUT2D eigenvalue weighted by atomic mass is 79.9. The second-order valence-corrected chi connectivity index (χ2v) is 6.09. The van der Waals surface area contributed by atoms with Crippen LogP contribution in [-0.2, 0) is 10.1 Å². The Bertz CT molecular complexity index is 612. The number of esters is 1. The molecule has 0 fully saturated rings. The van der Waals surface area contributed by atoms with Crippen LogP contribution in [0.3, 0.4) is 0 Å². The highest BCUT2D eigenvalue weighted by Crippen LogP contribution is 2.21. The second-order valence-electron chi connectivity index (χ2n) is 5.53. The molecule has 2 aromatic carbocycles. The molecule has 2 nitrogen and oxygen atoms in total. The number of fused-ring (bicyclic) bond motifs is 1. The monoisotopic (exact) mass is 320 g/mol. The highest BCUT2D eigenvalue weighted by molar-refractivity contribution is 9.08. The van der Waals surface area contributed by atoms with E-state index in [1.54, 1.807) is 0 Å². The van der Waals surface area contributed by atoms with E-state index in [-0.39, 0.29) is 5.97 Å². The van der Waals surface area contributed by atoms with Crippen molar-refractivity contribution in [3.8, 4) is 0 Å². The number of halogens is 1. The number of ether oxygens (including phenoxy) is 1. The molecule has 0 bridgehead atoms. The van der Waals surface area contributed by atoms with Gasteiger partial charge in [0.2, 0.25) is 0 Å². The summed E-state index contributed by atoms with van der Waals surface area (Å²) in [5, 5.41) is 3.01. The molecule has 0 unspecified atom stereocenters. The first kappa shape index (κ1) is 14.1. The zero-order valence-electron chi connectivity index (χ0n) is 11.4. The number of rotatable bonds is 2. The van der Waals surface area contributed by atoms with Crippen LogP contribution >= 0.6 is 15.9 Å². The Morgan fingerprint density at radius 2 is 1.74 bits per heavy atom. The Labute approximate surface area is 121 Å². The van der Waals surface area contributed by atoms with Gasteiger partial charge in [0.05, 0.1) is 5.56 Å². The van der Waals surface area contributed by atoms with Gasteiger partial charge >= 0.3 is 5.97 Å². The van der Waals surface area contributed by atoms with Crippen LogP contribution in [0.4, 0.5) is 0 Å². The zero-order chi connectivity index (χ0) is 14.0. The average Bonchev–Trinajstić information content (AvgIpc) is 2.35. The number of hydrogen-bond acceptors (Lipinski definition) is 2. The standard InChI is InChI=1S/C16H17BrO2/c1-16(2,3)19-15(18)14-7-6-12-8-11(10-17)4-5-13(12)9-14/h4-9H,10H2,1-3H3. The van der Waals surface area contributed by atoms with E-state index in [4.69, 9.17) is 4.74 Å². The molecule has 2 rings (SSSR count). The van der Waals surface area contributed by atoms with Gasteiger partial charge in [-0.05, 0) is 49.2 Å². The van der Waals surface area contributed by atoms with E-state index in [1.165, 1.54) is 5.56 Å². The van der Waals surface area contributed by atoms with Crippen LogP contribution in [0.25, 0.3) is 10.8 Å². The molecule has 19 heavy (non-hydrogen) atoms. The summed E-state index contributed by atoms with van der Waals surface area (Å²) < 4.78 is 5.37. The normalized spacial score (nSPS) is 11.6. The number of alkyl halides is 1. The van der Waals surface area contributed by atoms with Crippen molar-refractivity contribution in [1.29, 1.82) is 0 Å². The third kappa shape index (κ3) is 3.57. The van der Waals surface area contributed by atoms with Crippen molar-refractivity contribution in [2.75, 3.05) is 0 Å². The van der Waals surface area contributed by atoms with E-state index >= 15 is 0 Å². The van der Waals surface area contributed by atoms with Gasteiger partial charge in [0.1, 0.15) is 5.60 Å². The van der Waals surface area contributed by atoms with Crippen molar-refractivity contribution in [3.05, 3.63) is 47.5 Å². The van der Waals surface area contributed by atoms with Crippen molar-refractivity contribution in [2.45, 2.75) is 31.7 Å². The zero-order valence-corrected chi connectivity index (χ0v) is 13.0. The summed E-state index contributed by atoms with van der Waals surface area (Å²) in [5.41, 5.74) is 1.35. The molecule has 0 aliphatic rings. The molecule has 0 N–H and O–H groups in total. The van der Waals surface area contributed by atoms with Crippen LogP contribution in [0, 0.1) is 0 Å². The molecular weight excluding hydrogens is 304 g/mol. The minimum atomic E-state index is -0.466. The summed E-state index contributed by atoms with van der Waals surface area (Å²) in [5.74, 6) is -0.279. The summed E-state index contributed by atoms with van der Waals surface area (Å²) in [4.78, 5) is 12.0. The quantitative estimate of drug-likeness (QED) is 0.592. The Balaban J connectivity index is 2.34. The van der Waals surface area contributed by atoms with Crippen LogP contribution < -0.4 is 0 Å². The predicted molar refractivity (Wildman–Crippen MR) is 81.7 cm³/mol. The molecule has 0 heterocycles. The minimum absolute atomic E-state index is 0.279. The molecular formula is C16H17BrO2. The van der Waals surface area contributed by atoms with Crippen LogP contribution in [0.15, 0.2) is 36.4 Å². The fourth-order valence-electron chi connectivity index (χ4n) is 1.84. The molecule has 0 saturated heterocycles. The first-order valence-corrected chi connectivity index (χ1v) is 7.33. The van der Waals surface area contributed by atoms with Crippen molar-refractivity contribution in [3.63, 3.8) is 0 Å². The Morgan fingerprint density at radius 1 is 1.11 bits per heavy atom. The van der Waals surface area contributed by atoms with Crippen molar-refractivity contribution < 1.29 is 9.53 Å². The van der Waals surface area contributed by atoms with Crippen molar-refractivity contribution in [2.24, 2.45) is 0 Å². The third-order valence-corrected chi connectivity index (χ3v) is 3.34. The van der Waals surface area contributed by atoms with Crippen LogP contribution in [0.1, 0.15) is 36.7 Å². The highest BCUT2D eigenvalue weighted by Gasteiger charge is 2.17. The number of carbonyl (C=O) groups excluding carboxylic acids is 1. The smallest absolute Gasteiger partial charge is 0.338 e. The molecule has 0 aliphatic heterocycles. The fraction of sp³-hybridized carbons (Fsp3) is 0.312. The van der Waals surface area contributed by atoms with E-state index in [0.29, 0.717) is 5.56 Å². The summed E-state index contributed by atoms with van der Waals surface area (Å²) in [7, 11) is 0. The summed E-state index contributed by atoms with van der Waals surface area (Å²) in [6, 6.07) is 11.8. The largest absolute Gasteiger partial charge is 0.456 e. The van der Waals surface area contributed by atoms with Crippen LogP contribution in [-0.4, -0.2) is 11.6 Å². The van der Waals surface area contributed by atoms with Gasteiger partial charge < -0.3 is 4.74 Å². The molecule has 0 radical (unpaired) electrons. The summed E-state index contributed by atoms with van der Waals surface area (Å²) in [6.07, 6.45) is 0. The lowest BCUT2D eigenvalue weighted by atomic mass is 10.0. The Morgan fingerprint density at radius 3 is 2.37 bits per heavy atom. The fourth-order valence-corrected chi connectivity index (χ4v) is 2.19. The van der Waals surface area contributed by atoms with Gasteiger partial charge in [0.25, 0.3) is 0 Å². The molecule has 100 valence electrons. The Hall–Kier alpha value is -1.35. The van der Waals surface area contributed by atoms with Crippen molar-refractivity contribution in [1.82, 2.24) is 0 Å². The first-order chi connectivity index (χ1) is 8.89. The van der Waals surface area contributed by atoms with Crippen molar-refractivity contribution >= 4 is 32.7 Å². The lowest BCUT2D eigenvalue weighted by Crippen LogP contribution is -2.23. The van der Waals surface area contributed by atoms with Gasteiger partial charge in [-0.3, -0.25) is 0 Å². The van der Waals surface area contributed by atoms with Gasteiger partial charge in [0, 0.05) is 5.33 Å². The second kappa shape index (κ2) is 5.33. The third-order valence-electron chi connectivity index (χ3n) is 2.69. The topological polar surface area (TPSA) is 26.3 Å². The lowest BCUT2D eigenvalue weighted by Gasteiger charge is -2.19. The predicted octanol–water partition coefficient (Wildman–Crippen LogP) is 4.69. The summed E-state index contributed by atoms with van der Waals surface area (Å²) in [6.45, 7) is 5.61. The van der Waals surface area contributed by atoms with E-state index in [2.05, 4.69) is 28.1 Å². The molecule has 0 aliphatic carbocycles. The Kier molecular flexibility index (Phi) is 3.95. The SMILES string of the molecule is CC(C)(C)OC(=O)c1ccc2cc(CBr)ccc2c1. The molecule has 0 saturated carbocycles. The number of carbonyl (C=O) groups is 1. The maximum absolute atomic E-state index is 12.0. The van der Waals surface area contributed by atoms with E-state index in [9.17, 15) is 4.79 Å². The average molecular weight is 321 g/mol. The maximum atomic E-state index is 12.0. The molecule has 2 aromatic rings. The van der Waals surface area contributed by atoms with Gasteiger partial charge in [-0.15, -0.1) is 0 Å². The van der Waals surface area contributed by atoms with Gasteiger partial charge in [0.15, 0.2) is 0 Å². The first-order valence-electron chi connectivity index (χ1n) is 6.21. The molecule has 0 aromatic heterocycles. The van der Waals surface area contributed by atoms with Gasteiger partial charge in [-0.25, -0.2) is 4.79 Å². The minimum Gasteiger partial charge on any atom is -0.456 e. The van der Waals surface area contributed by atoms with E-state index in [1.807, 2.05) is 45.0 Å². The maximum Gasteiger partial charge on any atom is 0.338 e. The lowest BCUT2D eigenvalue weighted by molar-refractivity contribution is 0.00697. The molecule has 0 spiro atoms. The molecule has 0 atom stereocenters. The summed E-state index contributed by atoms with van der Waals surface area (Å²) >= 11 is 3.44. The van der Waals surface area contributed by atoms with E-state index < -0.39 is 5.60 Å². The number of hydrogen-bond donors (Lipinski definition) is 0. The van der Waals surface area contributed by atoms with Gasteiger partial charge in [-0.1, -0.05) is 40.2 Å². The van der Waals surface area contributed by atoms with E-state index in [0.717, 1.165) is 16.1 Å². The molecule has 3 heteroatoms. The van der Waals surface area contributed by atoms with Gasteiger partial charge in [-0.2, -0.15) is 0 Å². The van der Waals surface area contributed by atoms with Crippen LogP contribution in [0.5, 0.6) is 0 Å². The number of benzene rings is 2. The van der Waals surface area contributed by atoms with Crippen LogP contribution in [0.2, 0.25) is 0 Å².